The Morgan fingerprint density at radius 3 is 2.42 bits per heavy atom. The summed E-state index contributed by atoms with van der Waals surface area (Å²) >= 11 is 0. The minimum atomic E-state index is 0.167. The molecule has 1 N–H and O–H groups in total. The third-order valence-electron chi connectivity index (χ3n) is 3.99. The summed E-state index contributed by atoms with van der Waals surface area (Å²) in [5.74, 6) is 0.889. The van der Waals surface area contributed by atoms with E-state index in [1.165, 1.54) is 32.1 Å². The maximum Gasteiger partial charge on any atom is 0.175 e. The van der Waals surface area contributed by atoms with Crippen LogP contribution in [-0.2, 0) is 13.5 Å². The van der Waals surface area contributed by atoms with E-state index < -0.39 is 0 Å². The van der Waals surface area contributed by atoms with Gasteiger partial charge in [0.05, 0.1) is 7.05 Å². The van der Waals surface area contributed by atoms with Crippen LogP contribution >= 0.6 is 0 Å². The van der Waals surface area contributed by atoms with Gasteiger partial charge in [-0.05, 0) is 44.2 Å². The van der Waals surface area contributed by atoms with Crippen molar-refractivity contribution in [3.05, 3.63) is 5.82 Å². The van der Waals surface area contributed by atoms with Crippen molar-refractivity contribution in [2.75, 3.05) is 6.54 Å². The molecule has 108 valence electrons. The molecule has 19 heavy (non-hydrogen) atoms. The van der Waals surface area contributed by atoms with E-state index in [4.69, 9.17) is 0 Å². The number of hydrogen-bond acceptors (Lipinski definition) is 4. The van der Waals surface area contributed by atoms with Gasteiger partial charge in [0.15, 0.2) is 5.82 Å². The second kappa shape index (κ2) is 5.57. The molecule has 0 atom stereocenters. The van der Waals surface area contributed by atoms with E-state index in [2.05, 4.69) is 41.5 Å². The molecule has 2 rings (SSSR count). The summed E-state index contributed by atoms with van der Waals surface area (Å²) in [6, 6.07) is 0. The highest BCUT2D eigenvalue weighted by molar-refractivity contribution is 4.95. The molecule has 5 nitrogen and oxygen atoms in total. The van der Waals surface area contributed by atoms with Crippen molar-refractivity contribution >= 4 is 0 Å². The zero-order chi connectivity index (χ0) is 13.9. The first-order valence-electron chi connectivity index (χ1n) is 7.37. The lowest BCUT2D eigenvalue weighted by molar-refractivity contribution is 0.162. The Morgan fingerprint density at radius 2 is 1.89 bits per heavy atom. The highest BCUT2D eigenvalue weighted by atomic mass is 15.6. The smallest absolute Gasteiger partial charge is 0.175 e. The van der Waals surface area contributed by atoms with Gasteiger partial charge >= 0.3 is 0 Å². The van der Waals surface area contributed by atoms with Gasteiger partial charge in [0.25, 0.3) is 0 Å². The highest BCUT2D eigenvalue weighted by Crippen LogP contribution is 2.38. The number of nitrogens with zero attached hydrogens (tertiary/aromatic N) is 4. The van der Waals surface area contributed by atoms with E-state index >= 15 is 0 Å². The van der Waals surface area contributed by atoms with Crippen molar-refractivity contribution in [2.24, 2.45) is 12.5 Å². The van der Waals surface area contributed by atoms with Gasteiger partial charge in [-0.25, -0.2) is 0 Å². The fourth-order valence-corrected chi connectivity index (χ4v) is 2.90. The second-order valence-electron chi connectivity index (χ2n) is 7.04. The first-order chi connectivity index (χ1) is 8.89. The van der Waals surface area contributed by atoms with Crippen LogP contribution in [0.3, 0.4) is 0 Å². The molecule has 0 radical (unpaired) electrons. The van der Waals surface area contributed by atoms with Crippen LogP contribution in [0.5, 0.6) is 0 Å². The molecule has 1 aliphatic carbocycles. The molecule has 1 heterocycles. The Labute approximate surface area is 116 Å². The fraction of sp³-hybridized carbons (Fsp3) is 0.929. The average molecular weight is 265 g/mol. The number of rotatable bonds is 4. The molecule has 0 unspecified atom stereocenters. The van der Waals surface area contributed by atoms with Gasteiger partial charge < -0.3 is 5.32 Å². The van der Waals surface area contributed by atoms with Crippen LogP contribution < -0.4 is 5.32 Å². The average Bonchev–Trinajstić information content (AvgIpc) is 2.73. The van der Waals surface area contributed by atoms with Crippen LogP contribution in [0, 0.1) is 5.41 Å². The van der Waals surface area contributed by atoms with E-state index in [1.54, 1.807) is 4.80 Å². The third kappa shape index (κ3) is 4.27. The molecule has 0 saturated heterocycles. The molecule has 1 fully saturated rings. The lowest BCUT2D eigenvalue weighted by Crippen LogP contribution is -2.45. The predicted octanol–water partition coefficient (Wildman–Crippen LogP) is 2.09. The zero-order valence-electron chi connectivity index (χ0n) is 12.7. The first kappa shape index (κ1) is 14.4. The molecule has 5 heteroatoms. The van der Waals surface area contributed by atoms with Gasteiger partial charge in [-0.2, -0.15) is 4.80 Å². The van der Waals surface area contributed by atoms with Gasteiger partial charge in [0.2, 0.25) is 0 Å². The topological polar surface area (TPSA) is 55.6 Å². The first-order valence-corrected chi connectivity index (χ1v) is 7.37. The Hall–Kier alpha value is -0.970. The molecular weight excluding hydrogens is 238 g/mol. The van der Waals surface area contributed by atoms with E-state index in [0.717, 1.165) is 18.8 Å². The largest absolute Gasteiger partial charge is 0.312 e. The molecule has 0 aliphatic heterocycles. The van der Waals surface area contributed by atoms with Crippen molar-refractivity contribution in [1.82, 2.24) is 25.5 Å². The van der Waals surface area contributed by atoms with Gasteiger partial charge in [-0.3, -0.25) is 0 Å². The molecule has 0 aromatic carbocycles. The number of hydrogen-bond donors (Lipinski definition) is 1. The number of nitrogens with one attached hydrogen (secondary N) is 1. The lowest BCUT2D eigenvalue weighted by atomic mass is 9.71. The van der Waals surface area contributed by atoms with Crippen LogP contribution in [-0.4, -0.2) is 32.3 Å². The standard InChI is InChI=1S/C14H27N5/c1-13(2,3)15-11-14(8-6-5-7-9-14)10-12-16-18-19(4)17-12/h15H,5-11H2,1-4H3. The number of aromatic nitrogens is 4. The fourth-order valence-electron chi connectivity index (χ4n) is 2.90. The highest BCUT2D eigenvalue weighted by Gasteiger charge is 2.34. The SMILES string of the molecule is Cn1nnc(CC2(CNC(C)(C)C)CCCCC2)n1. The molecule has 0 spiro atoms. The third-order valence-corrected chi connectivity index (χ3v) is 3.99. The van der Waals surface area contributed by atoms with Crippen LogP contribution in [0.25, 0.3) is 0 Å². The molecule has 1 aromatic rings. The summed E-state index contributed by atoms with van der Waals surface area (Å²) < 4.78 is 0. The number of aryl methyl sites for hydroxylation is 1. The normalized spacial score (nSPS) is 19.6. The minimum absolute atomic E-state index is 0.167. The van der Waals surface area contributed by atoms with E-state index in [0.29, 0.717) is 5.41 Å². The quantitative estimate of drug-likeness (QED) is 0.905. The maximum absolute atomic E-state index is 4.36. The summed E-state index contributed by atoms with van der Waals surface area (Å²) in [5, 5.41) is 16.2. The van der Waals surface area contributed by atoms with Crippen molar-refractivity contribution in [3.8, 4) is 0 Å². The molecular formula is C14H27N5. The maximum atomic E-state index is 4.36. The van der Waals surface area contributed by atoms with Gasteiger partial charge in [0.1, 0.15) is 0 Å². The lowest BCUT2D eigenvalue weighted by Gasteiger charge is -2.39. The van der Waals surface area contributed by atoms with E-state index in [1.807, 2.05) is 7.05 Å². The van der Waals surface area contributed by atoms with Gasteiger partial charge in [-0.1, -0.05) is 19.3 Å². The van der Waals surface area contributed by atoms with Crippen molar-refractivity contribution in [3.63, 3.8) is 0 Å². The second-order valence-corrected chi connectivity index (χ2v) is 7.04. The zero-order valence-corrected chi connectivity index (χ0v) is 12.7. The Kier molecular flexibility index (Phi) is 4.23. The summed E-state index contributed by atoms with van der Waals surface area (Å²) in [7, 11) is 1.83. The molecule has 0 amide bonds. The predicted molar refractivity (Wildman–Crippen MR) is 75.8 cm³/mol. The minimum Gasteiger partial charge on any atom is -0.312 e. The summed E-state index contributed by atoms with van der Waals surface area (Å²) in [6.07, 6.45) is 7.51. The molecule has 1 saturated carbocycles. The van der Waals surface area contributed by atoms with Gasteiger partial charge in [0, 0.05) is 18.5 Å². The van der Waals surface area contributed by atoms with Crippen molar-refractivity contribution in [2.45, 2.75) is 64.8 Å². The molecule has 1 aromatic heterocycles. The van der Waals surface area contributed by atoms with Crippen LogP contribution in [0.1, 0.15) is 58.7 Å². The van der Waals surface area contributed by atoms with Crippen LogP contribution in [0.4, 0.5) is 0 Å². The summed E-state index contributed by atoms with van der Waals surface area (Å²) in [5.41, 5.74) is 0.481. The van der Waals surface area contributed by atoms with E-state index in [-0.39, 0.29) is 5.54 Å². The van der Waals surface area contributed by atoms with Crippen molar-refractivity contribution in [1.29, 1.82) is 0 Å². The van der Waals surface area contributed by atoms with Crippen molar-refractivity contribution < 1.29 is 0 Å². The van der Waals surface area contributed by atoms with Gasteiger partial charge in [-0.15, -0.1) is 10.2 Å². The summed E-state index contributed by atoms with van der Waals surface area (Å²) in [4.78, 5) is 1.56. The Morgan fingerprint density at radius 1 is 1.21 bits per heavy atom. The molecule has 0 bridgehead atoms. The summed E-state index contributed by atoms with van der Waals surface area (Å²) in [6.45, 7) is 7.73. The monoisotopic (exact) mass is 265 g/mol. The Balaban J connectivity index is 2.05. The Bertz CT molecular complexity index is 398. The molecule has 1 aliphatic rings. The number of tetrazole rings is 1. The van der Waals surface area contributed by atoms with Crippen LogP contribution in [0.15, 0.2) is 0 Å². The van der Waals surface area contributed by atoms with Crippen LogP contribution in [0.2, 0.25) is 0 Å². The van der Waals surface area contributed by atoms with E-state index in [9.17, 15) is 0 Å².